The van der Waals surface area contributed by atoms with Gasteiger partial charge < -0.3 is 14.9 Å². The van der Waals surface area contributed by atoms with Gasteiger partial charge in [-0.05, 0) is 79.4 Å². The number of halogens is 1. The summed E-state index contributed by atoms with van der Waals surface area (Å²) in [6, 6.07) is 44.1. The summed E-state index contributed by atoms with van der Waals surface area (Å²) in [5, 5.41) is 11.9. The first-order valence-corrected chi connectivity index (χ1v) is 22.6. The zero-order chi connectivity index (χ0) is 41.2. The molecule has 0 aliphatic rings. The molecule has 1 N–H and O–H groups in total. The molecule has 57 heavy (non-hydrogen) atoms. The van der Waals surface area contributed by atoms with Gasteiger partial charge in [0.1, 0.15) is 5.82 Å². The van der Waals surface area contributed by atoms with E-state index in [0.717, 1.165) is 32.5 Å². The summed E-state index contributed by atoms with van der Waals surface area (Å²) in [5.74, 6) is -1.49. The standard InChI is InChI=1S/C28H21FNO3S.C20H20NSi.Ir/c1-16(2)14-17-12-13-30-24(15-17)21-10-11-23(28(31)33-32)25-22-5-3-4-20(26(22)34-27(21)25)18-6-8-19(29)9-7-18;1-22(2,3)19-12-13-20(21-15-19)18-11-7-10-17(14-18)16-8-5-4-6-9-16;/h3-9,11-13,15-16,32H,14H2,1-2H3;4-10,12-15H,1-3H3;/q2*-1;/i14D2;;. The molecule has 3 aromatic heterocycles. The topological polar surface area (TPSA) is 72.3 Å². The number of thiophene rings is 1. The van der Waals surface area contributed by atoms with Gasteiger partial charge in [0.25, 0.3) is 0 Å². The molecule has 0 bridgehead atoms. The van der Waals surface area contributed by atoms with Crippen molar-refractivity contribution in [2.75, 3.05) is 0 Å². The number of carbonyl (C=O) groups is 1. The Bertz CT molecular complexity index is 2740. The summed E-state index contributed by atoms with van der Waals surface area (Å²) in [6.07, 6.45) is 2.04. The van der Waals surface area contributed by atoms with Crippen molar-refractivity contribution in [1.29, 1.82) is 0 Å². The van der Waals surface area contributed by atoms with Gasteiger partial charge in [0.05, 0.1) is 8.07 Å². The van der Waals surface area contributed by atoms with Crippen LogP contribution in [0.2, 0.25) is 19.6 Å². The Morgan fingerprint density at radius 2 is 1.63 bits per heavy atom. The maximum absolute atomic E-state index is 13.6. The van der Waals surface area contributed by atoms with Gasteiger partial charge in [0.15, 0.2) is 0 Å². The molecule has 8 rings (SSSR count). The van der Waals surface area contributed by atoms with Gasteiger partial charge in [-0.25, -0.2) is 9.65 Å². The minimum absolute atomic E-state index is 0. The van der Waals surface area contributed by atoms with Crippen LogP contribution >= 0.6 is 11.3 Å². The van der Waals surface area contributed by atoms with E-state index in [1.807, 2.05) is 50.4 Å². The zero-order valence-corrected chi connectivity index (χ0v) is 36.3. The molecule has 3 heterocycles. The maximum atomic E-state index is 13.6. The molecule has 5 nitrogen and oxygen atoms in total. The molecule has 8 aromatic rings. The van der Waals surface area contributed by atoms with E-state index >= 15 is 0 Å². The van der Waals surface area contributed by atoms with Crippen molar-refractivity contribution in [3.05, 3.63) is 163 Å². The smallest absolute Gasteiger partial charge is 0.306 e. The molecular formula is C48H41FIrN2O3SSi-2. The molecule has 5 aromatic carbocycles. The SMILES string of the molecule is C[Si](C)(C)c1ccc(-c2[c-]ccc(-c3ccccc3)c2)nc1.[2H]C([2H])(c1ccnc(-c2[c-]cc(C(=O)OO)c3c2sc2c(-c4ccc(F)cc4)cccc23)c1)C(C)C.[Ir]. The van der Waals surface area contributed by atoms with Crippen molar-refractivity contribution in [3.63, 3.8) is 0 Å². The number of aromatic nitrogens is 2. The molecule has 0 aliphatic heterocycles. The Balaban J connectivity index is 0.000000218. The molecule has 1 radical (unpaired) electrons. The molecule has 0 unspecified atom stereocenters. The van der Waals surface area contributed by atoms with E-state index < -0.39 is 20.4 Å². The van der Waals surface area contributed by atoms with Gasteiger partial charge in [-0.2, -0.15) is 11.3 Å². The summed E-state index contributed by atoms with van der Waals surface area (Å²) >= 11 is 1.42. The van der Waals surface area contributed by atoms with Crippen molar-refractivity contribution >= 4 is 50.7 Å². The number of rotatable bonds is 8. The second-order valence-corrected chi connectivity index (χ2v) is 20.8. The first-order chi connectivity index (χ1) is 27.8. The fraction of sp³-hybridized carbons (Fsp3) is 0.146. The molecule has 0 saturated carbocycles. The van der Waals surface area contributed by atoms with Crippen molar-refractivity contribution in [2.45, 2.75) is 39.9 Å². The van der Waals surface area contributed by atoms with E-state index in [1.165, 1.54) is 45.8 Å². The molecule has 9 heteroatoms. The summed E-state index contributed by atoms with van der Waals surface area (Å²) < 4.78 is 32.1. The summed E-state index contributed by atoms with van der Waals surface area (Å²) in [4.78, 5) is 25.7. The largest absolute Gasteiger partial charge is 0.333 e. The van der Waals surface area contributed by atoms with Crippen molar-refractivity contribution in [2.24, 2.45) is 5.92 Å². The van der Waals surface area contributed by atoms with Crippen LogP contribution in [-0.4, -0.2) is 29.3 Å². The van der Waals surface area contributed by atoms with Crippen LogP contribution in [0, 0.1) is 23.9 Å². The van der Waals surface area contributed by atoms with E-state index in [-0.39, 0.29) is 37.4 Å². The van der Waals surface area contributed by atoms with Crippen LogP contribution in [-0.2, 0) is 31.4 Å². The third-order valence-electron chi connectivity index (χ3n) is 9.32. The molecule has 0 spiro atoms. The van der Waals surface area contributed by atoms with Crippen LogP contribution in [0.5, 0.6) is 0 Å². The summed E-state index contributed by atoms with van der Waals surface area (Å²) in [6.45, 7) is 10.7. The van der Waals surface area contributed by atoms with E-state index in [1.54, 1.807) is 30.5 Å². The van der Waals surface area contributed by atoms with Crippen LogP contribution < -0.4 is 5.19 Å². The second-order valence-electron chi connectivity index (χ2n) is 14.7. The fourth-order valence-corrected chi connectivity index (χ4v) is 8.92. The number of nitrogens with zero attached hydrogens (tertiary/aromatic N) is 2. The van der Waals surface area contributed by atoms with Crippen molar-refractivity contribution in [3.8, 4) is 44.8 Å². The Labute approximate surface area is 354 Å². The predicted molar refractivity (Wildman–Crippen MR) is 230 cm³/mol. The van der Waals surface area contributed by atoms with Crippen LogP contribution in [0.15, 0.2) is 134 Å². The summed E-state index contributed by atoms with van der Waals surface area (Å²) in [5.41, 5.74) is 7.89. The molecule has 0 fully saturated rings. The van der Waals surface area contributed by atoms with Gasteiger partial charge >= 0.3 is 5.97 Å². The van der Waals surface area contributed by atoms with Gasteiger partial charge in [0.2, 0.25) is 0 Å². The van der Waals surface area contributed by atoms with Crippen molar-refractivity contribution in [1.82, 2.24) is 9.97 Å². The Hall–Kier alpha value is -5.15. The average molecular weight is 967 g/mol. The maximum Gasteiger partial charge on any atom is 0.333 e. The van der Waals surface area contributed by atoms with Crippen LogP contribution in [0.3, 0.4) is 0 Å². The third kappa shape index (κ3) is 9.36. The van der Waals surface area contributed by atoms with E-state index in [2.05, 4.69) is 95.2 Å². The molecule has 0 atom stereocenters. The monoisotopic (exact) mass is 967 g/mol. The number of benzene rings is 5. The van der Waals surface area contributed by atoms with Crippen LogP contribution in [0.4, 0.5) is 4.39 Å². The second kappa shape index (κ2) is 18.0. The van der Waals surface area contributed by atoms with Crippen molar-refractivity contribution < 1.29 is 42.2 Å². The normalized spacial score (nSPS) is 12.0. The van der Waals surface area contributed by atoms with E-state index in [9.17, 15) is 9.18 Å². The fourth-order valence-electron chi connectivity index (χ4n) is 6.51. The van der Waals surface area contributed by atoms with E-state index in [0.29, 0.717) is 26.9 Å². The first kappa shape index (κ1) is 38.7. The molecule has 289 valence electrons. The van der Waals surface area contributed by atoms with E-state index in [4.69, 9.17) is 8.00 Å². The molecule has 0 saturated heterocycles. The number of pyridine rings is 2. The number of hydrogen-bond acceptors (Lipinski definition) is 6. The molecule has 0 aliphatic carbocycles. The van der Waals surface area contributed by atoms with Gasteiger partial charge in [0, 0.05) is 39.9 Å². The Morgan fingerprint density at radius 3 is 2.32 bits per heavy atom. The molecular weight excluding hydrogens is 924 g/mol. The molecule has 0 amide bonds. The minimum Gasteiger partial charge on any atom is -0.306 e. The number of fused-ring (bicyclic) bond motifs is 3. The van der Waals surface area contributed by atoms with Gasteiger partial charge in [-0.1, -0.05) is 123 Å². The van der Waals surface area contributed by atoms with Gasteiger partial charge in [-0.3, -0.25) is 4.79 Å². The average Bonchev–Trinajstić information content (AvgIpc) is 3.64. The quantitative estimate of drug-likeness (QED) is 0.0711. The summed E-state index contributed by atoms with van der Waals surface area (Å²) in [7, 11) is -1.29. The number of carbonyl (C=O) groups excluding carboxylic acids is 1. The van der Waals surface area contributed by atoms with Gasteiger partial charge in [-0.15, -0.1) is 53.1 Å². The Kier molecular flexibility index (Phi) is 12.2. The Morgan fingerprint density at radius 1 is 0.860 bits per heavy atom. The zero-order valence-electron chi connectivity index (χ0n) is 34.1. The first-order valence-electron chi connectivity index (χ1n) is 19.3. The minimum atomic E-state index is -1.56. The number of hydrogen-bond donors (Lipinski definition) is 1. The predicted octanol–water partition coefficient (Wildman–Crippen LogP) is 12.3. The van der Waals surface area contributed by atoms with Crippen LogP contribution in [0.1, 0.15) is 32.5 Å². The van der Waals surface area contributed by atoms with Crippen LogP contribution in [0.25, 0.3) is 64.9 Å². The third-order valence-corrected chi connectivity index (χ3v) is 12.6.